The Morgan fingerprint density at radius 3 is 2.43 bits per heavy atom. The van der Waals surface area contributed by atoms with Crippen LogP contribution < -0.4 is 9.47 Å². The lowest BCUT2D eigenvalue weighted by molar-refractivity contribution is -0.135. The fourth-order valence-electron chi connectivity index (χ4n) is 2.34. The number of carbonyl (C=O) groups is 1. The third-order valence-electron chi connectivity index (χ3n) is 3.77. The van der Waals surface area contributed by atoms with Crippen molar-refractivity contribution >= 4 is 5.97 Å². The van der Waals surface area contributed by atoms with Gasteiger partial charge < -0.3 is 18.9 Å². The van der Waals surface area contributed by atoms with Gasteiger partial charge in [-0.05, 0) is 18.2 Å². The largest absolute Gasteiger partial charge is 0.496 e. The molecule has 8 heteroatoms. The zero-order valence-electron chi connectivity index (χ0n) is 16.0. The van der Waals surface area contributed by atoms with E-state index in [2.05, 4.69) is 20.8 Å². The van der Waals surface area contributed by atoms with Crippen LogP contribution in [0, 0.1) is 11.3 Å². The Balaban J connectivity index is 1.71. The average molecular weight is 403 g/mol. The highest BCUT2D eigenvalue weighted by Gasteiger charge is 2.09. The molecule has 1 aromatic heterocycles. The van der Waals surface area contributed by atoms with Crippen molar-refractivity contribution in [1.82, 2.24) is 9.97 Å². The molecule has 0 spiro atoms. The number of methoxy groups -OCH3 is 1. The molecule has 0 amide bonds. The minimum Gasteiger partial charge on any atom is -0.496 e. The molecular formula is C22H17N3O5. The van der Waals surface area contributed by atoms with Gasteiger partial charge in [0, 0.05) is 5.56 Å². The second kappa shape index (κ2) is 10.2. The molecule has 3 aromatic rings. The Kier molecular flexibility index (Phi) is 6.95. The van der Waals surface area contributed by atoms with E-state index >= 15 is 0 Å². The van der Waals surface area contributed by atoms with Crippen LogP contribution in [0.4, 0.5) is 0 Å². The Bertz CT molecular complexity index is 1090. The molecule has 8 nitrogen and oxygen atoms in total. The van der Waals surface area contributed by atoms with E-state index < -0.39 is 5.97 Å². The number of nitrogens with zero attached hydrogens (tertiary/aromatic N) is 3. The molecule has 0 N–H and O–H groups in total. The van der Waals surface area contributed by atoms with Gasteiger partial charge in [-0.25, -0.2) is 14.8 Å². The maximum absolute atomic E-state index is 11.1. The Hall–Kier alpha value is -4.38. The quantitative estimate of drug-likeness (QED) is 0.314. The number of nitriles is 1. The van der Waals surface area contributed by atoms with Gasteiger partial charge >= 0.3 is 5.97 Å². The smallest absolute Gasteiger partial charge is 0.333 e. The lowest BCUT2D eigenvalue weighted by Crippen LogP contribution is -1.97. The number of para-hydroxylation sites is 2. The first-order valence-electron chi connectivity index (χ1n) is 8.80. The topological polar surface area (TPSA) is 104 Å². The highest BCUT2D eigenvalue weighted by molar-refractivity contribution is 5.81. The summed E-state index contributed by atoms with van der Waals surface area (Å²) in [6.07, 6.45) is 3.74. The molecule has 0 fully saturated rings. The van der Waals surface area contributed by atoms with E-state index in [0.717, 1.165) is 5.56 Å². The van der Waals surface area contributed by atoms with E-state index in [-0.39, 0.29) is 18.4 Å². The van der Waals surface area contributed by atoms with Gasteiger partial charge in [-0.15, -0.1) is 0 Å². The van der Waals surface area contributed by atoms with Crippen molar-refractivity contribution in [1.29, 1.82) is 5.26 Å². The molecule has 0 aliphatic heterocycles. The van der Waals surface area contributed by atoms with Crippen LogP contribution in [-0.4, -0.2) is 23.0 Å². The third-order valence-corrected chi connectivity index (χ3v) is 3.77. The van der Waals surface area contributed by atoms with Crippen molar-refractivity contribution in [2.75, 3.05) is 7.11 Å². The monoisotopic (exact) mass is 403 g/mol. The van der Waals surface area contributed by atoms with Crippen molar-refractivity contribution in [3.63, 3.8) is 0 Å². The molecule has 0 saturated heterocycles. The molecule has 0 saturated carbocycles. The van der Waals surface area contributed by atoms with Crippen LogP contribution in [0.2, 0.25) is 0 Å². The summed E-state index contributed by atoms with van der Waals surface area (Å²) in [5, 5.41) is 9.18. The van der Waals surface area contributed by atoms with E-state index in [1.165, 1.54) is 31.8 Å². The third kappa shape index (κ3) is 5.56. The number of aromatic nitrogens is 2. The molecule has 1 heterocycles. The maximum atomic E-state index is 11.1. The average Bonchev–Trinajstić information content (AvgIpc) is 2.78. The summed E-state index contributed by atoms with van der Waals surface area (Å²) in [6.45, 7) is 0.174. The summed E-state index contributed by atoms with van der Waals surface area (Å²) in [6, 6.07) is 17.7. The second-order valence-electron chi connectivity index (χ2n) is 5.75. The lowest BCUT2D eigenvalue weighted by atomic mass is 10.2. The zero-order chi connectivity index (χ0) is 21.2. The van der Waals surface area contributed by atoms with Crippen LogP contribution in [0.5, 0.6) is 23.3 Å². The fraction of sp³-hybridized carbons (Fsp3) is 0.0909. The van der Waals surface area contributed by atoms with E-state index in [4.69, 9.17) is 14.2 Å². The Labute approximate surface area is 172 Å². The van der Waals surface area contributed by atoms with Crippen molar-refractivity contribution in [2.45, 2.75) is 6.61 Å². The predicted octanol–water partition coefficient (Wildman–Crippen LogP) is 4.14. The van der Waals surface area contributed by atoms with Crippen molar-refractivity contribution in [3.05, 3.63) is 84.4 Å². The van der Waals surface area contributed by atoms with E-state index in [9.17, 15) is 10.1 Å². The summed E-state index contributed by atoms with van der Waals surface area (Å²) in [7, 11) is 1.29. The summed E-state index contributed by atoms with van der Waals surface area (Å²) < 4.78 is 21.4. The lowest BCUT2D eigenvalue weighted by Gasteiger charge is -2.11. The van der Waals surface area contributed by atoms with E-state index in [1.807, 2.05) is 18.2 Å². The van der Waals surface area contributed by atoms with Crippen LogP contribution in [0.1, 0.15) is 11.1 Å². The first kappa shape index (κ1) is 20.4. The van der Waals surface area contributed by atoms with E-state index in [1.54, 1.807) is 30.3 Å². The molecule has 3 rings (SSSR count). The normalized spacial score (nSPS) is 10.3. The van der Waals surface area contributed by atoms with Gasteiger partial charge in [0.15, 0.2) is 0 Å². The van der Waals surface area contributed by atoms with Gasteiger partial charge in [-0.1, -0.05) is 30.3 Å². The molecular weight excluding hydrogens is 386 g/mol. The summed E-state index contributed by atoms with van der Waals surface area (Å²) in [5.41, 5.74) is 1.13. The van der Waals surface area contributed by atoms with E-state index in [0.29, 0.717) is 17.1 Å². The second-order valence-corrected chi connectivity index (χ2v) is 5.75. The Morgan fingerprint density at radius 2 is 1.70 bits per heavy atom. The number of ether oxygens (including phenoxy) is 4. The van der Waals surface area contributed by atoms with Gasteiger partial charge in [0.05, 0.1) is 31.1 Å². The molecule has 30 heavy (non-hydrogen) atoms. The molecule has 0 atom stereocenters. The molecule has 0 unspecified atom stereocenters. The first-order chi connectivity index (χ1) is 14.7. The van der Waals surface area contributed by atoms with Crippen molar-refractivity contribution < 1.29 is 23.7 Å². The molecule has 2 aromatic carbocycles. The Morgan fingerprint density at radius 1 is 1.03 bits per heavy atom. The number of esters is 1. The number of carbonyl (C=O) groups excluding carboxylic acids is 1. The fourth-order valence-corrected chi connectivity index (χ4v) is 2.34. The minimum absolute atomic E-state index is 0.174. The van der Waals surface area contributed by atoms with Gasteiger partial charge in [0.1, 0.15) is 30.5 Å². The van der Waals surface area contributed by atoms with Crippen LogP contribution >= 0.6 is 0 Å². The summed E-state index contributed by atoms with van der Waals surface area (Å²) in [5.74, 6) is 0.886. The van der Waals surface area contributed by atoms with Crippen LogP contribution in [0.25, 0.3) is 0 Å². The summed E-state index contributed by atoms with van der Waals surface area (Å²) >= 11 is 0. The van der Waals surface area contributed by atoms with Gasteiger partial charge in [-0.3, -0.25) is 0 Å². The van der Waals surface area contributed by atoms with Gasteiger partial charge in [0.25, 0.3) is 0 Å². The highest BCUT2D eigenvalue weighted by atomic mass is 16.5. The molecule has 150 valence electrons. The van der Waals surface area contributed by atoms with Gasteiger partial charge in [0.2, 0.25) is 11.8 Å². The zero-order valence-corrected chi connectivity index (χ0v) is 16.0. The number of hydrogen-bond donors (Lipinski definition) is 0. The summed E-state index contributed by atoms with van der Waals surface area (Å²) in [4.78, 5) is 19.2. The molecule has 0 bridgehead atoms. The SMILES string of the molecule is COC(=O)/C=C/OCc1ccccc1Oc1cc(Oc2ccccc2C#N)ncn1. The van der Waals surface area contributed by atoms with Crippen LogP contribution in [-0.2, 0) is 20.9 Å². The molecule has 0 aliphatic carbocycles. The molecule has 0 radical (unpaired) electrons. The maximum Gasteiger partial charge on any atom is 0.333 e. The number of rotatable bonds is 8. The number of benzene rings is 2. The molecule has 0 aliphatic rings. The van der Waals surface area contributed by atoms with Crippen molar-refractivity contribution in [3.8, 4) is 29.3 Å². The van der Waals surface area contributed by atoms with Crippen molar-refractivity contribution in [2.24, 2.45) is 0 Å². The first-order valence-corrected chi connectivity index (χ1v) is 8.80. The standard InChI is InChI=1S/C22H17N3O5/c1-27-22(26)10-11-28-14-17-7-3-5-9-19(17)30-21-12-20(24-15-25-21)29-18-8-4-2-6-16(18)13-23/h2-12,15H,14H2,1H3/b11-10+. The van der Waals surface area contributed by atoms with Crippen LogP contribution in [0.15, 0.2) is 73.3 Å². The van der Waals surface area contributed by atoms with Gasteiger partial charge in [-0.2, -0.15) is 5.26 Å². The minimum atomic E-state index is -0.508. The number of hydrogen-bond acceptors (Lipinski definition) is 8. The highest BCUT2D eigenvalue weighted by Crippen LogP contribution is 2.28. The predicted molar refractivity (Wildman–Crippen MR) is 106 cm³/mol. The van der Waals surface area contributed by atoms with Crippen LogP contribution in [0.3, 0.4) is 0 Å².